The van der Waals surface area contributed by atoms with Gasteiger partial charge < -0.3 is 20.6 Å². The van der Waals surface area contributed by atoms with Gasteiger partial charge in [0.05, 0.1) is 17.3 Å². The highest BCUT2D eigenvalue weighted by Gasteiger charge is 2.25. The molecule has 0 radical (unpaired) electrons. The van der Waals surface area contributed by atoms with E-state index in [9.17, 15) is 14.1 Å². The number of halogens is 1. The Morgan fingerprint density at radius 1 is 1.17 bits per heavy atom. The molecule has 8 nitrogen and oxygen atoms in total. The molecule has 10 heteroatoms. The summed E-state index contributed by atoms with van der Waals surface area (Å²) in [6.07, 6.45) is 0.772. The number of phenolic OH excluding ortho intramolecular Hbond substituents is 1. The lowest BCUT2D eigenvalue weighted by molar-refractivity contribution is 0.0824. The molecule has 0 saturated carbocycles. The molecule has 0 saturated heterocycles. The minimum atomic E-state index is -1.78. The van der Waals surface area contributed by atoms with Crippen LogP contribution in [0.1, 0.15) is 35.3 Å². The summed E-state index contributed by atoms with van der Waals surface area (Å²) in [5, 5.41) is 16.9. The predicted octanol–water partition coefficient (Wildman–Crippen LogP) is 3.40. The van der Waals surface area contributed by atoms with Crippen molar-refractivity contribution in [2.75, 3.05) is 19.4 Å². The zero-order chi connectivity index (χ0) is 21.8. The lowest BCUT2D eigenvalue weighted by Crippen LogP contribution is -2.36. The van der Waals surface area contributed by atoms with Crippen LogP contribution >= 0.6 is 15.9 Å². The van der Waals surface area contributed by atoms with Crippen molar-refractivity contribution < 1.29 is 14.1 Å². The van der Waals surface area contributed by atoms with E-state index < -0.39 is 11.2 Å². The first kappa shape index (κ1) is 22.0. The van der Waals surface area contributed by atoms with Gasteiger partial charge in [0, 0.05) is 18.6 Å². The third-order valence-corrected chi connectivity index (χ3v) is 5.82. The number of hydrogen-bond donors (Lipinski definition) is 3. The number of benzene rings is 2. The Bertz CT molecular complexity index is 1040. The van der Waals surface area contributed by atoms with E-state index in [4.69, 9.17) is 0 Å². The monoisotopic (exact) mass is 491 g/mol. The van der Waals surface area contributed by atoms with Crippen LogP contribution in [-0.2, 0) is 11.2 Å². The average molecular weight is 492 g/mol. The van der Waals surface area contributed by atoms with Gasteiger partial charge in [-0.15, -0.1) is 8.80 Å². The van der Waals surface area contributed by atoms with Crippen molar-refractivity contribution in [3.8, 4) is 5.75 Å². The van der Waals surface area contributed by atoms with Crippen molar-refractivity contribution in [2.24, 2.45) is 8.80 Å². The lowest BCUT2D eigenvalue weighted by atomic mass is 10.0. The topological polar surface area (TPSA) is 106 Å². The summed E-state index contributed by atoms with van der Waals surface area (Å²) in [7, 11) is 3.20. The number of carbonyl (C=O) groups is 1. The van der Waals surface area contributed by atoms with Gasteiger partial charge in [0.1, 0.15) is 0 Å². The van der Waals surface area contributed by atoms with Gasteiger partial charge >= 0.3 is 0 Å². The number of amidine groups is 2. The molecule has 2 aromatic rings. The standard InChI is InChI=1S/C20H22BrN5O3S/c1-4-14(12-8-6-5-7-9-12)22-18-19(25-30(29)24-18)23-15-11-10-13(21)16(17(15)27)20(28)26(2)3/h5-11,14,27H,4H2,1-3H3,(H,22,24)(H,23,25)/t14-,30?/m1/s1. The molecule has 0 aliphatic carbocycles. The van der Waals surface area contributed by atoms with E-state index in [1.165, 1.54) is 4.90 Å². The number of carbonyl (C=O) groups excluding carboxylic acids is 1. The number of anilines is 1. The molecule has 1 aliphatic rings. The van der Waals surface area contributed by atoms with Crippen LogP contribution in [-0.4, -0.2) is 45.9 Å². The van der Waals surface area contributed by atoms with E-state index in [2.05, 4.69) is 35.4 Å². The molecular formula is C20H22BrN5O3S. The van der Waals surface area contributed by atoms with Crippen LogP contribution in [0.4, 0.5) is 5.69 Å². The summed E-state index contributed by atoms with van der Waals surface area (Å²) in [5.74, 6) is -0.0459. The van der Waals surface area contributed by atoms with Crippen LogP contribution in [0.5, 0.6) is 5.75 Å². The molecular weight excluding hydrogens is 470 g/mol. The SMILES string of the molecule is CC[C@@H](NC1=NS(=O)N=C1Nc1ccc(Br)c(C(=O)N(C)C)c1O)c1ccccc1. The predicted molar refractivity (Wildman–Crippen MR) is 123 cm³/mol. The first-order valence-electron chi connectivity index (χ1n) is 9.23. The van der Waals surface area contributed by atoms with Gasteiger partial charge in [-0.2, -0.15) is 0 Å². The Morgan fingerprint density at radius 3 is 2.47 bits per heavy atom. The van der Waals surface area contributed by atoms with Crippen LogP contribution in [0.3, 0.4) is 0 Å². The summed E-state index contributed by atoms with van der Waals surface area (Å²) in [4.78, 5) is 13.8. The largest absolute Gasteiger partial charge is 0.505 e. The maximum Gasteiger partial charge on any atom is 0.269 e. The van der Waals surface area contributed by atoms with E-state index in [0.29, 0.717) is 10.3 Å². The second-order valence-electron chi connectivity index (χ2n) is 6.77. The number of nitrogens with zero attached hydrogens (tertiary/aromatic N) is 3. The summed E-state index contributed by atoms with van der Waals surface area (Å²) >= 11 is 1.52. The molecule has 3 rings (SSSR count). The van der Waals surface area contributed by atoms with Gasteiger partial charge in [0.2, 0.25) is 0 Å². The zero-order valence-electron chi connectivity index (χ0n) is 16.7. The molecule has 1 unspecified atom stereocenters. The Kier molecular flexibility index (Phi) is 6.88. The van der Waals surface area contributed by atoms with Crippen molar-refractivity contribution in [2.45, 2.75) is 19.4 Å². The Balaban J connectivity index is 1.87. The van der Waals surface area contributed by atoms with E-state index >= 15 is 0 Å². The first-order valence-corrected chi connectivity index (χ1v) is 11.1. The molecule has 0 bridgehead atoms. The molecule has 2 atom stereocenters. The van der Waals surface area contributed by atoms with Crippen LogP contribution in [0, 0.1) is 0 Å². The van der Waals surface area contributed by atoms with Crippen molar-refractivity contribution in [3.63, 3.8) is 0 Å². The smallest absolute Gasteiger partial charge is 0.269 e. The first-order chi connectivity index (χ1) is 14.3. The van der Waals surface area contributed by atoms with Gasteiger partial charge in [0.25, 0.3) is 17.1 Å². The van der Waals surface area contributed by atoms with Crippen LogP contribution in [0.25, 0.3) is 0 Å². The molecule has 1 aliphatic heterocycles. The number of amides is 1. The summed E-state index contributed by atoms with van der Waals surface area (Å²) < 4.78 is 20.5. The molecule has 2 aromatic carbocycles. The molecule has 0 fully saturated rings. The second-order valence-corrected chi connectivity index (χ2v) is 8.45. The lowest BCUT2D eigenvalue weighted by Gasteiger charge is -2.20. The van der Waals surface area contributed by atoms with Crippen LogP contribution < -0.4 is 10.6 Å². The molecule has 3 N–H and O–H groups in total. The second kappa shape index (κ2) is 9.40. The Hall–Kier alpha value is -2.72. The maximum absolute atomic E-state index is 12.4. The third-order valence-electron chi connectivity index (χ3n) is 4.48. The molecule has 1 heterocycles. The highest BCUT2D eigenvalue weighted by Crippen LogP contribution is 2.34. The van der Waals surface area contributed by atoms with Crippen LogP contribution in [0.15, 0.2) is 55.7 Å². The molecule has 0 aromatic heterocycles. The Morgan fingerprint density at radius 2 is 1.83 bits per heavy atom. The fourth-order valence-electron chi connectivity index (χ4n) is 2.93. The van der Waals surface area contributed by atoms with Crippen molar-refractivity contribution in [3.05, 3.63) is 58.1 Å². The zero-order valence-corrected chi connectivity index (χ0v) is 19.1. The van der Waals surface area contributed by atoms with E-state index in [0.717, 1.165) is 12.0 Å². The number of hydrogen-bond acceptors (Lipinski definition) is 5. The van der Waals surface area contributed by atoms with Gasteiger partial charge in [0.15, 0.2) is 17.4 Å². The van der Waals surface area contributed by atoms with Gasteiger partial charge in [-0.25, -0.2) is 4.21 Å². The number of aromatic hydroxyl groups is 1. The van der Waals surface area contributed by atoms with E-state index in [-0.39, 0.29) is 34.8 Å². The minimum Gasteiger partial charge on any atom is -0.505 e. The fraction of sp³-hybridized carbons (Fsp3) is 0.250. The fourth-order valence-corrected chi connectivity index (χ4v) is 4.05. The summed E-state index contributed by atoms with van der Waals surface area (Å²) in [5.41, 5.74) is 1.43. The molecule has 1 amide bonds. The number of nitrogens with one attached hydrogen (secondary N) is 2. The van der Waals surface area contributed by atoms with Gasteiger partial charge in [-0.1, -0.05) is 37.3 Å². The highest BCUT2D eigenvalue weighted by molar-refractivity contribution is 9.10. The molecule has 30 heavy (non-hydrogen) atoms. The van der Waals surface area contributed by atoms with Crippen molar-refractivity contribution in [1.29, 1.82) is 0 Å². The van der Waals surface area contributed by atoms with Crippen molar-refractivity contribution >= 4 is 50.4 Å². The normalized spacial score (nSPS) is 16.5. The Labute approximate surface area is 186 Å². The number of phenols is 1. The average Bonchev–Trinajstić information content (AvgIpc) is 3.07. The number of rotatable bonds is 5. The summed E-state index contributed by atoms with van der Waals surface area (Å²) in [6, 6.07) is 13.0. The van der Waals surface area contributed by atoms with E-state index in [1.807, 2.05) is 37.3 Å². The van der Waals surface area contributed by atoms with E-state index in [1.54, 1.807) is 26.2 Å². The minimum absolute atomic E-state index is 0.0588. The van der Waals surface area contributed by atoms with Gasteiger partial charge in [-0.3, -0.25) is 4.79 Å². The molecule has 0 spiro atoms. The summed E-state index contributed by atoms with van der Waals surface area (Å²) in [6.45, 7) is 2.03. The third kappa shape index (κ3) is 4.71. The quantitative estimate of drug-likeness (QED) is 0.555. The van der Waals surface area contributed by atoms with Crippen molar-refractivity contribution in [1.82, 2.24) is 10.2 Å². The molecule has 158 valence electrons. The van der Waals surface area contributed by atoms with Gasteiger partial charge in [-0.05, 0) is 40.0 Å². The van der Waals surface area contributed by atoms with Crippen LogP contribution in [0.2, 0.25) is 0 Å². The highest BCUT2D eigenvalue weighted by atomic mass is 79.9. The maximum atomic E-state index is 12.4.